The van der Waals surface area contributed by atoms with Crippen LogP contribution >= 0.6 is 0 Å². The second-order valence-electron chi connectivity index (χ2n) is 27.2. The van der Waals surface area contributed by atoms with Crippen molar-refractivity contribution in [3.05, 3.63) is 153 Å². The number of benzene rings is 6. The monoisotopic (exact) mass is 893 g/mol. The summed E-state index contributed by atoms with van der Waals surface area (Å²) in [7, 11) is 0. The third-order valence-electron chi connectivity index (χ3n) is 18.4. The maximum Gasteiger partial charge on any atom is 0.329 e. The van der Waals surface area contributed by atoms with Crippen LogP contribution in [0.4, 0.5) is 11.4 Å². The molecule has 3 aliphatic carbocycles. The molecule has 0 unspecified atom stereocenters. The first kappa shape index (κ1) is 44.0. The van der Waals surface area contributed by atoms with Crippen LogP contribution in [-0.2, 0) is 37.9 Å². The molecule has 3 heterocycles. The Bertz CT molecular complexity index is 3380. The molecule has 1 aromatic heterocycles. The molecule has 0 atom stereocenters. The van der Waals surface area contributed by atoms with E-state index in [4.69, 9.17) is 0 Å². The van der Waals surface area contributed by atoms with Crippen molar-refractivity contribution in [2.45, 2.75) is 174 Å². The number of anilines is 2. The van der Waals surface area contributed by atoms with Crippen LogP contribution in [0.15, 0.2) is 109 Å². The predicted octanol–water partition coefficient (Wildman–Crippen LogP) is 16.9. The first-order valence-corrected chi connectivity index (χ1v) is 26.0. The van der Waals surface area contributed by atoms with E-state index >= 15 is 0 Å². The molecule has 5 aliphatic rings. The number of allylic oxidation sites excluding steroid dienone is 1. The van der Waals surface area contributed by atoms with Crippen molar-refractivity contribution in [3.63, 3.8) is 0 Å². The maximum atomic E-state index is 2.83. The van der Waals surface area contributed by atoms with Crippen molar-refractivity contribution in [2.24, 2.45) is 0 Å². The van der Waals surface area contributed by atoms with Gasteiger partial charge in [-0.3, -0.25) is 0 Å². The third kappa shape index (κ3) is 5.95. The molecule has 7 aromatic rings. The summed E-state index contributed by atoms with van der Waals surface area (Å²) in [6, 6.07) is 42.0. The second-order valence-corrected chi connectivity index (χ2v) is 27.2. The van der Waals surface area contributed by atoms with Crippen LogP contribution in [-0.4, -0.2) is 11.3 Å². The smallest absolute Gasteiger partial charge is 0.329 e. The van der Waals surface area contributed by atoms with Gasteiger partial charge < -0.3 is 9.38 Å². The van der Waals surface area contributed by atoms with E-state index in [1.807, 2.05) is 0 Å². The van der Waals surface area contributed by atoms with Crippen LogP contribution in [0.2, 0.25) is 0 Å². The number of nitrogens with zero attached hydrogens (tertiary/aromatic N) is 2. The van der Waals surface area contributed by atoms with Crippen LogP contribution in [0.25, 0.3) is 49.8 Å². The molecule has 3 heteroatoms. The highest BCUT2D eigenvalue weighted by Crippen LogP contribution is 2.60. The Morgan fingerprint density at radius 2 is 1.06 bits per heavy atom. The highest BCUT2D eigenvalue weighted by atomic mass is 15.2. The van der Waals surface area contributed by atoms with Gasteiger partial charge in [0.15, 0.2) is 0 Å². The molecule has 346 valence electrons. The summed E-state index contributed by atoms with van der Waals surface area (Å²) in [6.45, 7) is 39.3. The molecule has 0 fully saturated rings. The van der Waals surface area contributed by atoms with Crippen LogP contribution in [0.3, 0.4) is 0 Å². The molecule has 0 spiro atoms. The van der Waals surface area contributed by atoms with E-state index in [1.54, 1.807) is 5.56 Å². The average molecular weight is 893 g/mol. The van der Waals surface area contributed by atoms with Crippen molar-refractivity contribution in [2.75, 3.05) is 4.90 Å². The summed E-state index contributed by atoms with van der Waals surface area (Å²) in [5, 5.41) is 2.75. The highest BCUT2D eigenvalue weighted by Gasteiger charge is 2.55. The topological polar surface area (TPSA) is 8.17 Å². The van der Waals surface area contributed by atoms with Gasteiger partial charge in [-0.2, -0.15) is 0 Å². The maximum absolute atomic E-state index is 2.83. The number of aromatic nitrogens is 1. The van der Waals surface area contributed by atoms with Gasteiger partial charge in [-0.25, -0.2) is 0 Å². The number of hydrogen-bond donors (Lipinski definition) is 0. The fourth-order valence-corrected chi connectivity index (χ4v) is 13.8. The van der Waals surface area contributed by atoms with E-state index < -0.39 is 0 Å². The minimum atomic E-state index is -0.278. The Balaban J connectivity index is 1.28. The molecule has 2 nitrogen and oxygen atoms in total. The standard InChI is InChI=1S/C65H73BN2/c1-59(2,3)40-22-25-53-43(32-40)45-33-41(60(4,5)6)34-46-44-30-39(38-20-18-17-19-21-38)31-54-55(44)66(68(53)56(45)46)58-57(67(54)42-23-24-48-50(35-42)62(9,10)27-26-61(48,7)8)47-36-51-52(37-49(47)65(58,15)16)64(13,14)29-28-63(51,11)12/h17-25,30-37H,26-29H2,1-16H3. The second kappa shape index (κ2) is 13.5. The van der Waals surface area contributed by atoms with Crippen molar-refractivity contribution in [3.8, 4) is 22.3 Å². The van der Waals surface area contributed by atoms with Gasteiger partial charge in [-0.1, -0.05) is 159 Å². The van der Waals surface area contributed by atoms with Gasteiger partial charge in [0.25, 0.3) is 0 Å². The number of rotatable bonds is 2. The summed E-state index contributed by atoms with van der Waals surface area (Å²) in [5.41, 5.74) is 26.7. The van der Waals surface area contributed by atoms with E-state index in [2.05, 4.69) is 223 Å². The zero-order chi connectivity index (χ0) is 48.2. The third-order valence-corrected chi connectivity index (χ3v) is 18.4. The Kier molecular flexibility index (Phi) is 8.75. The quantitative estimate of drug-likeness (QED) is 0.157. The van der Waals surface area contributed by atoms with Gasteiger partial charge in [0, 0.05) is 55.4 Å². The van der Waals surface area contributed by atoms with Crippen LogP contribution in [0.5, 0.6) is 0 Å². The lowest BCUT2D eigenvalue weighted by Gasteiger charge is -2.45. The van der Waals surface area contributed by atoms with Crippen molar-refractivity contribution in [1.82, 2.24) is 4.48 Å². The Morgan fingerprint density at radius 1 is 0.471 bits per heavy atom. The van der Waals surface area contributed by atoms with Crippen molar-refractivity contribution < 1.29 is 0 Å². The van der Waals surface area contributed by atoms with E-state index in [-0.39, 0.29) is 44.8 Å². The first-order valence-electron chi connectivity index (χ1n) is 26.0. The van der Waals surface area contributed by atoms with Gasteiger partial charge >= 0.3 is 6.85 Å². The summed E-state index contributed by atoms with van der Waals surface area (Å²) < 4.78 is 2.83. The fraction of sp³-hybridized carbons (Fsp3) is 0.415. The molecule has 12 rings (SSSR count). The van der Waals surface area contributed by atoms with Gasteiger partial charge in [0.2, 0.25) is 0 Å². The van der Waals surface area contributed by atoms with E-state index in [9.17, 15) is 0 Å². The Labute approximate surface area is 408 Å². The fourth-order valence-electron chi connectivity index (χ4n) is 13.8. The molecule has 6 aromatic carbocycles. The number of fused-ring (bicyclic) bond motifs is 10. The number of hydrogen-bond acceptors (Lipinski definition) is 1. The zero-order valence-corrected chi connectivity index (χ0v) is 44.1. The lowest BCUT2D eigenvalue weighted by atomic mass is 9.40. The molecule has 0 amide bonds. The molecule has 0 saturated carbocycles. The van der Waals surface area contributed by atoms with Crippen LogP contribution < -0.4 is 10.4 Å². The SMILES string of the molecule is CC(C)(C)c1ccc2c(c1)c1cc(C(C)(C)C)cc3c1n2B1C2=C(c4cc5c(cc4C2(C)C)C(C)(C)CCC5(C)C)N(c2ccc4c(c2)C(C)(C)CCC4(C)C)c2cc(-c4ccccc4)cc-3c21. The molecule has 0 saturated heterocycles. The molecule has 0 bridgehead atoms. The van der Waals surface area contributed by atoms with Crippen molar-refractivity contribution >= 4 is 51.2 Å². The minimum Gasteiger partial charge on any atom is -0.376 e. The molecular weight excluding hydrogens is 820 g/mol. The predicted molar refractivity (Wildman–Crippen MR) is 294 cm³/mol. The van der Waals surface area contributed by atoms with Gasteiger partial charge in [-0.05, 0) is 179 Å². The largest absolute Gasteiger partial charge is 0.376 e. The molecule has 0 radical (unpaired) electrons. The Hall–Kier alpha value is -5.28. The minimum absolute atomic E-state index is 0.0157. The van der Waals surface area contributed by atoms with Crippen LogP contribution in [0, 0.1) is 0 Å². The van der Waals surface area contributed by atoms with Gasteiger partial charge in [0.1, 0.15) is 0 Å². The average Bonchev–Trinajstić information content (AvgIpc) is 3.72. The first-order chi connectivity index (χ1) is 31.7. The lowest BCUT2D eigenvalue weighted by Crippen LogP contribution is -2.52. The van der Waals surface area contributed by atoms with Crippen LogP contribution in [0.1, 0.15) is 181 Å². The highest BCUT2D eigenvalue weighted by molar-refractivity contribution is 6.85. The zero-order valence-electron chi connectivity index (χ0n) is 44.1. The summed E-state index contributed by atoms with van der Waals surface area (Å²) in [6.07, 6.45) is 4.76. The molecule has 2 aliphatic heterocycles. The molecular formula is C65H73BN2. The molecule has 68 heavy (non-hydrogen) atoms. The van der Waals surface area contributed by atoms with Gasteiger partial charge in [0.05, 0.1) is 0 Å². The summed E-state index contributed by atoms with van der Waals surface area (Å²) in [4.78, 5) is 2.79. The van der Waals surface area contributed by atoms with Gasteiger partial charge in [-0.15, -0.1) is 0 Å². The lowest BCUT2D eigenvalue weighted by molar-refractivity contribution is 0.331. The Morgan fingerprint density at radius 3 is 1.69 bits per heavy atom. The summed E-state index contributed by atoms with van der Waals surface area (Å²) >= 11 is 0. The molecule has 0 N–H and O–H groups in total. The normalized spacial score (nSPS) is 20.0. The van der Waals surface area contributed by atoms with E-state index in [0.717, 1.165) is 0 Å². The summed E-state index contributed by atoms with van der Waals surface area (Å²) in [5.74, 6) is 0. The van der Waals surface area contributed by atoms with E-state index in [1.165, 1.54) is 137 Å². The van der Waals surface area contributed by atoms with Crippen molar-refractivity contribution in [1.29, 1.82) is 0 Å². The van der Waals surface area contributed by atoms with E-state index in [0.29, 0.717) is 0 Å².